The molecule has 2 aromatic carbocycles. The highest BCUT2D eigenvalue weighted by atomic mass is 35.5. The molecule has 9 heteroatoms. The molecular weight excluding hydrogens is 461 g/mol. The van der Waals surface area contributed by atoms with Gasteiger partial charge in [0.2, 0.25) is 0 Å². The molecule has 1 aliphatic heterocycles. The second-order valence-corrected chi connectivity index (χ2v) is 8.72. The summed E-state index contributed by atoms with van der Waals surface area (Å²) < 4.78 is 39.4. The predicted octanol–water partition coefficient (Wildman–Crippen LogP) is 6.26. The highest BCUT2D eigenvalue weighted by Crippen LogP contribution is 2.30. The Labute approximate surface area is 191 Å². The molecule has 2 heterocycles. The largest absolute Gasteiger partial charge is 0.416 e. The highest BCUT2D eigenvalue weighted by Gasteiger charge is 2.31. The van der Waals surface area contributed by atoms with Crippen molar-refractivity contribution in [1.82, 2.24) is 4.90 Å². The van der Waals surface area contributed by atoms with Gasteiger partial charge in [0, 0.05) is 18.0 Å². The lowest BCUT2D eigenvalue weighted by molar-refractivity contribution is -0.137. The van der Waals surface area contributed by atoms with Crippen LogP contribution in [-0.4, -0.2) is 29.2 Å². The molecule has 0 spiro atoms. The van der Waals surface area contributed by atoms with Gasteiger partial charge in [0.05, 0.1) is 22.7 Å². The van der Waals surface area contributed by atoms with Crippen molar-refractivity contribution in [1.29, 1.82) is 0 Å². The predicted molar refractivity (Wildman–Crippen MR) is 118 cm³/mol. The number of hydrogen-bond donors (Lipinski definition) is 0. The van der Waals surface area contributed by atoms with Gasteiger partial charge >= 0.3 is 6.18 Å². The van der Waals surface area contributed by atoms with Gasteiger partial charge < -0.3 is 9.74 Å². The van der Waals surface area contributed by atoms with E-state index in [0.29, 0.717) is 21.9 Å². The smallest absolute Gasteiger partial charge is 0.390 e. The fourth-order valence-corrected chi connectivity index (χ4v) is 4.24. The fraction of sp³-hybridized carbons (Fsp3) is 0.217. The average molecular weight is 479 g/mol. The molecule has 4 nitrogen and oxygen atoms in total. The van der Waals surface area contributed by atoms with E-state index in [4.69, 9.17) is 16.4 Å². The molecule has 0 N–H and O–H groups in total. The van der Waals surface area contributed by atoms with E-state index in [1.54, 1.807) is 35.7 Å². The molecule has 0 aliphatic carbocycles. The Morgan fingerprint density at radius 2 is 1.94 bits per heavy atom. The van der Waals surface area contributed by atoms with Crippen molar-refractivity contribution in [3.05, 3.63) is 92.6 Å². The normalized spacial score (nSPS) is 15.9. The minimum Gasteiger partial charge on any atom is -0.390 e. The number of rotatable bonds is 6. The summed E-state index contributed by atoms with van der Waals surface area (Å²) in [6, 6.07) is 15.6. The van der Waals surface area contributed by atoms with Crippen molar-refractivity contribution >= 4 is 34.6 Å². The number of carbonyl (C=O) groups is 1. The molecule has 1 aromatic heterocycles. The Hall–Kier alpha value is -2.84. The van der Waals surface area contributed by atoms with E-state index in [2.05, 4.69) is 5.16 Å². The third kappa shape index (κ3) is 5.31. The molecule has 3 aromatic rings. The number of hydrogen-bond acceptors (Lipinski definition) is 4. The lowest BCUT2D eigenvalue weighted by Crippen LogP contribution is -2.37. The second-order valence-electron chi connectivity index (χ2n) is 7.34. The van der Waals surface area contributed by atoms with Gasteiger partial charge in [-0.25, -0.2) is 0 Å². The SMILES string of the molecule is O=C(c1cccs1)N(Cc1cccc(C(F)(F)F)c1)CC1CC(c2ccc(Cl)cc2)=NO1. The van der Waals surface area contributed by atoms with Crippen LogP contribution in [0.3, 0.4) is 0 Å². The van der Waals surface area contributed by atoms with E-state index in [1.807, 2.05) is 12.1 Å². The molecule has 0 bridgehead atoms. The Kier molecular flexibility index (Phi) is 6.53. The molecule has 32 heavy (non-hydrogen) atoms. The molecule has 0 saturated carbocycles. The summed E-state index contributed by atoms with van der Waals surface area (Å²) in [7, 11) is 0. The lowest BCUT2D eigenvalue weighted by atomic mass is 10.0. The first-order valence-electron chi connectivity index (χ1n) is 9.77. The van der Waals surface area contributed by atoms with Gasteiger partial charge in [-0.05, 0) is 46.8 Å². The molecule has 0 fully saturated rings. The van der Waals surface area contributed by atoms with Gasteiger partial charge in [-0.2, -0.15) is 13.2 Å². The number of thiophene rings is 1. The zero-order chi connectivity index (χ0) is 22.7. The number of oxime groups is 1. The van der Waals surface area contributed by atoms with Crippen molar-refractivity contribution in [2.24, 2.45) is 5.16 Å². The van der Waals surface area contributed by atoms with E-state index >= 15 is 0 Å². The number of halogens is 4. The summed E-state index contributed by atoms with van der Waals surface area (Å²) in [5, 5.41) is 6.53. The second kappa shape index (κ2) is 9.34. The summed E-state index contributed by atoms with van der Waals surface area (Å²) in [5.41, 5.74) is 1.24. The molecule has 1 amide bonds. The maximum absolute atomic E-state index is 13.1. The van der Waals surface area contributed by atoms with Crippen molar-refractivity contribution in [2.75, 3.05) is 6.54 Å². The highest BCUT2D eigenvalue weighted by molar-refractivity contribution is 7.12. The minimum atomic E-state index is -4.45. The topological polar surface area (TPSA) is 41.9 Å². The van der Waals surface area contributed by atoms with Gasteiger partial charge in [0.1, 0.15) is 0 Å². The number of alkyl halides is 3. The molecule has 1 atom stereocenters. The van der Waals surface area contributed by atoms with E-state index in [-0.39, 0.29) is 19.0 Å². The van der Waals surface area contributed by atoms with Crippen LogP contribution in [0.4, 0.5) is 13.2 Å². The summed E-state index contributed by atoms with van der Waals surface area (Å²) in [6.07, 6.45) is -4.39. The van der Waals surface area contributed by atoms with Crippen LogP contribution in [0.15, 0.2) is 71.2 Å². The van der Waals surface area contributed by atoms with Crippen molar-refractivity contribution in [3.8, 4) is 0 Å². The summed E-state index contributed by atoms with van der Waals surface area (Å²) in [5.74, 6) is -0.263. The van der Waals surface area contributed by atoms with E-state index in [0.717, 1.165) is 23.4 Å². The molecule has 0 radical (unpaired) electrons. The van der Waals surface area contributed by atoms with Crippen LogP contribution < -0.4 is 0 Å². The number of nitrogens with zero attached hydrogens (tertiary/aromatic N) is 2. The maximum Gasteiger partial charge on any atom is 0.416 e. The summed E-state index contributed by atoms with van der Waals surface area (Å²) >= 11 is 7.21. The third-order valence-electron chi connectivity index (χ3n) is 4.98. The van der Waals surface area contributed by atoms with Gasteiger partial charge in [-0.3, -0.25) is 4.79 Å². The average Bonchev–Trinajstić information content (AvgIpc) is 3.45. The molecule has 1 unspecified atom stereocenters. The Bertz CT molecular complexity index is 1120. The van der Waals surface area contributed by atoms with Crippen LogP contribution in [-0.2, 0) is 17.6 Å². The first-order valence-corrected chi connectivity index (χ1v) is 11.0. The van der Waals surface area contributed by atoms with Gasteiger partial charge in [0.25, 0.3) is 5.91 Å². The van der Waals surface area contributed by atoms with Crippen LogP contribution in [0.2, 0.25) is 5.02 Å². The van der Waals surface area contributed by atoms with Gasteiger partial charge in [-0.15, -0.1) is 11.3 Å². The summed E-state index contributed by atoms with van der Waals surface area (Å²) in [4.78, 5) is 20.6. The van der Waals surface area contributed by atoms with E-state index in [9.17, 15) is 18.0 Å². The van der Waals surface area contributed by atoms with Crippen LogP contribution in [0.25, 0.3) is 0 Å². The van der Waals surface area contributed by atoms with Crippen molar-refractivity contribution in [3.63, 3.8) is 0 Å². The molecule has 4 rings (SSSR count). The van der Waals surface area contributed by atoms with E-state index < -0.39 is 17.8 Å². The number of benzene rings is 2. The van der Waals surface area contributed by atoms with Gasteiger partial charge in [0.15, 0.2) is 6.10 Å². The number of carbonyl (C=O) groups excluding carboxylic acids is 1. The molecule has 1 aliphatic rings. The Morgan fingerprint density at radius 1 is 1.16 bits per heavy atom. The minimum absolute atomic E-state index is 0.0246. The molecular formula is C23H18ClF3N2O2S. The monoisotopic (exact) mass is 478 g/mol. The standard InChI is InChI=1S/C23H18ClF3N2O2S/c24-18-8-6-16(7-9-18)20-12-19(31-28-20)14-29(22(30)21-5-2-10-32-21)13-15-3-1-4-17(11-15)23(25,26)27/h1-11,19H,12-14H2. The van der Waals surface area contributed by atoms with Crippen LogP contribution in [0.5, 0.6) is 0 Å². The van der Waals surface area contributed by atoms with Crippen LogP contribution in [0, 0.1) is 0 Å². The Morgan fingerprint density at radius 3 is 2.62 bits per heavy atom. The van der Waals surface area contributed by atoms with Gasteiger partial charge in [-0.1, -0.05) is 47.1 Å². The van der Waals surface area contributed by atoms with Crippen molar-refractivity contribution < 1.29 is 22.8 Å². The number of amides is 1. The van der Waals surface area contributed by atoms with Crippen LogP contribution in [0.1, 0.15) is 32.8 Å². The van der Waals surface area contributed by atoms with Crippen molar-refractivity contribution in [2.45, 2.75) is 25.2 Å². The molecule has 166 valence electrons. The maximum atomic E-state index is 13.1. The lowest BCUT2D eigenvalue weighted by Gasteiger charge is -2.25. The zero-order valence-electron chi connectivity index (χ0n) is 16.7. The summed E-state index contributed by atoms with van der Waals surface area (Å²) in [6.45, 7) is 0.213. The fourth-order valence-electron chi connectivity index (χ4n) is 3.43. The van der Waals surface area contributed by atoms with Crippen LogP contribution >= 0.6 is 22.9 Å². The quantitative estimate of drug-likeness (QED) is 0.420. The first-order chi connectivity index (χ1) is 15.3. The zero-order valence-corrected chi connectivity index (χ0v) is 18.3. The Balaban J connectivity index is 1.51. The molecule has 0 saturated heterocycles. The van der Waals surface area contributed by atoms with E-state index in [1.165, 1.54) is 22.3 Å². The third-order valence-corrected chi connectivity index (χ3v) is 6.09. The first kappa shape index (κ1) is 22.4.